The molecule has 6 heteroatoms. The summed E-state index contributed by atoms with van der Waals surface area (Å²) >= 11 is 0. The summed E-state index contributed by atoms with van der Waals surface area (Å²) in [5.41, 5.74) is 0. The minimum Gasteiger partial charge on any atom is -0.395 e. The number of nitrogens with zero attached hydrogens (tertiary/aromatic N) is 4. The molecule has 22 heavy (non-hydrogen) atoms. The largest absolute Gasteiger partial charge is 0.395 e. The Morgan fingerprint density at radius 3 is 2.73 bits per heavy atom. The van der Waals surface area contributed by atoms with Gasteiger partial charge in [-0.2, -0.15) is 4.98 Å². The first kappa shape index (κ1) is 15.9. The lowest BCUT2D eigenvalue weighted by molar-refractivity contribution is 0.115. The lowest BCUT2D eigenvalue weighted by atomic mass is 10.2. The van der Waals surface area contributed by atoms with Gasteiger partial charge < -0.3 is 9.63 Å². The molecule has 0 spiro atoms. The number of likely N-dealkylation sites (tertiary alicyclic amines) is 2. The number of aryl methyl sites for hydroxylation is 1. The topological polar surface area (TPSA) is 65.6 Å². The quantitative estimate of drug-likeness (QED) is 0.822. The molecule has 0 aliphatic carbocycles. The predicted molar refractivity (Wildman–Crippen MR) is 83.4 cm³/mol. The van der Waals surface area contributed by atoms with E-state index in [1.165, 1.54) is 19.3 Å². The summed E-state index contributed by atoms with van der Waals surface area (Å²) in [6, 6.07) is 0.913. The Kier molecular flexibility index (Phi) is 5.44. The standard InChI is InChI=1S/C16H28N4O2/c1-2-5-15-17-16(22-18-15)11-20-9-3-6-13(20)10-19-8-4-7-14(19)12-21/h13-14,21H,2-12H2,1H3. The monoisotopic (exact) mass is 308 g/mol. The van der Waals surface area contributed by atoms with Gasteiger partial charge in [-0.3, -0.25) is 9.80 Å². The van der Waals surface area contributed by atoms with Crippen LogP contribution in [0.1, 0.15) is 50.7 Å². The Hall–Kier alpha value is -0.980. The number of hydrogen-bond donors (Lipinski definition) is 1. The van der Waals surface area contributed by atoms with Gasteiger partial charge in [0, 0.05) is 25.0 Å². The van der Waals surface area contributed by atoms with E-state index >= 15 is 0 Å². The van der Waals surface area contributed by atoms with E-state index in [0.29, 0.717) is 12.1 Å². The zero-order chi connectivity index (χ0) is 15.4. The van der Waals surface area contributed by atoms with Gasteiger partial charge in [0.1, 0.15) is 0 Å². The van der Waals surface area contributed by atoms with Crippen LogP contribution in [0.5, 0.6) is 0 Å². The van der Waals surface area contributed by atoms with Crippen molar-refractivity contribution >= 4 is 0 Å². The summed E-state index contributed by atoms with van der Waals surface area (Å²) < 4.78 is 5.38. The molecular weight excluding hydrogens is 280 g/mol. The molecule has 2 aliphatic heterocycles. The molecule has 2 aliphatic rings. The Balaban J connectivity index is 1.55. The fraction of sp³-hybridized carbons (Fsp3) is 0.875. The second-order valence-electron chi connectivity index (χ2n) is 6.59. The molecule has 0 radical (unpaired) electrons. The summed E-state index contributed by atoms with van der Waals surface area (Å²) in [5.74, 6) is 1.57. The maximum Gasteiger partial charge on any atom is 0.240 e. The minimum atomic E-state index is 0.288. The van der Waals surface area contributed by atoms with Crippen LogP contribution in [0.4, 0.5) is 0 Å². The zero-order valence-corrected chi connectivity index (χ0v) is 13.6. The maximum absolute atomic E-state index is 9.48. The van der Waals surface area contributed by atoms with E-state index < -0.39 is 0 Å². The Morgan fingerprint density at radius 2 is 1.95 bits per heavy atom. The molecule has 1 N–H and O–H groups in total. The molecule has 1 aromatic heterocycles. The van der Waals surface area contributed by atoms with Crippen LogP contribution in [0.15, 0.2) is 4.52 Å². The van der Waals surface area contributed by atoms with Crippen molar-refractivity contribution in [3.63, 3.8) is 0 Å². The lowest BCUT2D eigenvalue weighted by Gasteiger charge is -2.30. The van der Waals surface area contributed by atoms with Crippen molar-refractivity contribution < 1.29 is 9.63 Å². The molecule has 0 bridgehead atoms. The summed E-state index contributed by atoms with van der Waals surface area (Å²) in [4.78, 5) is 9.41. The molecule has 1 aromatic rings. The van der Waals surface area contributed by atoms with Crippen LogP contribution in [0, 0.1) is 0 Å². The molecule has 0 aromatic carbocycles. The minimum absolute atomic E-state index is 0.288. The van der Waals surface area contributed by atoms with E-state index in [1.54, 1.807) is 0 Å². The first-order valence-corrected chi connectivity index (χ1v) is 8.70. The van der Waals surface area contributed by atoms with Gasteiger partial charge in [0.05, 0.1) is 13.2 Å². The molecule has 2 fully saturated rings. The predicted octanol–water partition coefficient (Wildman–Crippen LogP) is 1.44. The lowest BCUT2D eigenvalue weighted by Crippen LogP contribution is -2.43. The Labute approximate surface area is 132 Å². The average Bonchev–Trinajstić information content (AvgIpc) is 3.23. The van der Waals surface area contributed by atoms with E-state index in [-0.39, 0.29) is 6.61 Å². The van der Waals surface area contributed by atoms with Gasteiger partial charge in [0.15, 0.2) is 5.82 Å². The third kappa shape index (κ3) is 3.67. The number of aliphatic hydroxyl groups excluding tert-OH is 1. The van der Waals surface area contributed by atoms with Crippen LogP contribution in [0.25, 0.3) is 0 Å². The highest BCUT2D eigenvalue weighted by molar-refractivity contribution is 4.91. The highest BCUT2D eigenvalue weighted by atomic mass is 16.5. The van der Waals surface area contributed by atoms with E-state index in [4.69, 9.17) is 4.52 Å². The molecule has 124 valence electrons. The van der Waals surface area contributed by atoms with Crippen molar-refractivity contribution in [1.29, 1.82) is 0 Å². The highest BCUT2D eigenvalue weighted by Gasteiger charge is 2.31. The molecule has 3 rings (SSSR count). The van der Waals surface area contributed by atoms with Crippen molar-refractivity contribution in [3.05, 3.63) is 11.7 Å². The molecule has 2 unspecified atom stereocenters. The highest BCUT2D eigenvalue weighted by Crippen LogP contribution is 2.24. The van der Waals surface area contributed by atoms with Crippen molar-refractivity contribution in [2.75, 3.05) is 26.2 Å². The fourth-order valence-corrected chi connectivity index (χ4v) is 3.78. The van der Waals surface area contributed by atoms with Crippen molar-refractivity contribution in [2.45, 2.75) is 64.1 Å². The first-order valence-electron chi connectivity index (χ1n) is 8.70. The fourth-order valence-electron chi connectivity index (χ4n) is 3.78. The van der Waals surface area contributed by atoms with E-state index in [0.717, 1.165) is 57.2 Å². The Morgan fingerprint density at radius 1 is 1.18 bits per heavy atom. The SMILES string of the molecule is CCCc1noc(CN2CCCC2CN2CCCC2CO)n1. The van der Waals surface area contributed by atoms with Gasteiger partial charge >= 0.3 is 0 Å². The van der Waals surface area contributed by atoms with Crippen molar-refractivity contribution in [1.82, 2.24) is 19.9 Å². The van der Waals surface area contributed by atoms with Crippen LogP contribution in [0.3, 0.4) is 0 Å². The summed E-state index contributed by atoms with van der Waals surface area (Å²) in [5, 5.41) is 13.5. The van der Waals surface area contributed by atoms with Gasteiger partial charge in [-0.1, -0.05) is 12.1 Å². The maximum atomic E-state index is 9.48. The molecule has 2 atom stereocenters. The second kappa shape index (κ2) is 7.53. The number of rotatable bonds is 7. The molecule has 2 saturated heterocycles. The molecule has 0 amide bonds. The van der Waals surface area contributed by atoms with Crippen LogP contribution >= 0.6 is 0 Å². The van der Waals surface area contributed by atoms with Crippen molar-refractivity contribution in [2.24, 2.45) is 0 Å². The summed E-state index contributed by atoms with van der Waals surface area (Å²) in [6.45, 7) is 6.46. The normalized spacial score (nSPS) is 27.0. The molecule has 6 nitrogen and oxygen atoms in total. The summed E-state index contributed by atoms with van der Waals surface area (Å²) in [7, 11) is 0. The second-order valence-corrected chi connectivity index (χ2v) is 6.59. The van der Waals surface area contributed by atoms with Gasteiger partial charge in [0.25, 0.3) is 0 Å². The third-order valence-corrected chi connectivity index (χ3v) is 4.98. The third-order valence-electron chi connectivity index (χ3n) is 4.98. The number of hydrogen-bond acceptors (Lipinski definition) is 6. The van der Waals surface area contributed by atoms with Gasteiger partial charge in [-0.05, 0) is 45.2 Å². The number of aliphatic hydroxyl groups is 1. The van der Waals surface area contributed by atoms with Crippen LogP contribution in [-0.2, 0) is 13.0 Å². The number of aromatic nitrogens is 2. The van der Waals surface area contributed by atoms with Crippen LogP contribution in [-0.4, -0.2) is 63.4 Å². The first-order chi connectivity index (χ1) is 10.8. The van der Waals surface area contributed by atoms with Crippen molar-refractivity contribution in [3.8, 4) is 0 Å². The Bertz CT molecular complexity index is 465. The molecule has 0 saturated carbocycles. The summed E-state index contributed by atoms with van der Waals surface area (Å²) in [6.07, 6.45) is 6.74. The van der Waals surface area contributed by atoms with Gasteiger partial charge in [-0.15, -0.1) is 0 Å². The van der Waals surface area contributed by atoms with E-state index in [1.807, 2.05) is 0 Å². The zero-order valence-electron chi connectivity index (χ0n) is 13.6. The molecular formula is C16H28N4O2. The van der Waals surface area contributed by atoms with Crippen LogP contribution in [0.2, 0.25) is 0 Å². The van der Waals surface area contributed by atoms with Gasteiger partial charge in [0.2, 0.25) is 5.89 Å². The smallest absolute Gasteiger partial charge is 0.240 e. The average molecular weight is 308 g/mol. The van der Waals surface area contributed by atoms with Gasteiger partial charge in [-0.25, -0.2) is 0 Å². The molecule has 3 heterocycles. The van der Waals surface area contributed by atoms with E-state index in [2.05, 4.69) is 26.9 Å². The van der Waals surface area contributed by atoms with E-state index in [9.17, 15) is 5.11 Å². The van der Waals surface area contributed by atoms with Crippen LogP contribution < -0.4 is 0 Å².